The van der Waals surface area contributed by atoms with Gasteiger partial charge in [0.15, 0.2) is 0 Å². The lowest BCUT2D eigenvalue weighted by atomic mass is 10.2. The van der Waals surface area contributed by atoms with E-state index in [-0.39, 0.29) is 21.0 Å². The van der Waals surface area contributed by atoms with Crippen LogP contribution in [0.2, 0.25) is 0 Å². The van der Waals surface area contributed by atoms with Gasteiger partial charge < -0.3 is 5.11 Å². The summed E-state index contributed by atoms with van der Waals surface area (Å²) in [6.07, 6.45) is 6.04. The second kappa shape index (κ2) is 6.88. The number of halogens is 1. The van der Waals surface area contributed by atoms with Crippen LogP contribution in [-0.4, -0.2) is 25.5 Å². The fourth-order valence-corrected chi connectivity index (χ4v) is 3.94. The van der Waals surface area contributed by atoms with Gasteiger partial charge in [-0.1, -0.05) is 6.92 Å². The van der Waals surface area contributed by atoms with Crippen molar-refractivity contribution in [2.45, 2.75) is 30.7 Å². The van der Waals surface area contributed by atoms with Crippen molar-refractivity contribution in [1.82, 2.24) is 4.72 Å². The zero-order valence-electron chi connectivity index (χ0n) is 10.8. The maximum Gasteiger partial charge on any atom is 0.335 e. The summed E-state index contributed by atoms with van der Waals surface area (Å²) in [6, 6.07) is 3.39. The molecule has 0 spiro atoms. The summed E-state index contributed by atoms with van der Waals surface area (Å²) in [5.41, 5.74) is 0.00601. The Kier molecular flexibility index (Phi) is 5.74. The molecule has 0 saturated heterocycles. The van der Waals surface area contributed by atoms with Gasteiger partial charge >= 0.3 is 5.97 Å². The number of rotatable bonds is 6. The van der Waals surface area contributed by atoms with Crippen molar-refractivity contribution in [3.63, 3.8) is 0 Å². The van der Waals surface area contributed by atoms with Crippen molar-refractivity contribution >= 4 is 31.9 Å². The average Bonchev–Trinajstić information content (AvgIpc) is 2.37. The summed E-state index contributed by atoms with van der Waals surface area (Å²) in [5.74, 6) is 1.29. The number of benzene rings is 1. The molecule has 1 rings (SSSR count). The zero-order valence-corrected chi connectivity index (χ0v) is 13.2. The van der Waals surface area contributed by atoms with E-state index in [0.29, 0.717) is 12.8 Å². The summed E-state index contributed by atoms with van der Waals surface area (Å²) in [5, 5.41) is 8.85. The highest BCUT2D eigenvalue weighted by atomic mass is 79.9. The van der Waals surface area contributed by atoms with Gasteiger partial charge in [0.05, 0.1) is 10.5 Å². The van der Waals surface area contributed by atoms with E-state index >= 15 is 0 Å². The van der Waals surface area contributed by atoms with Crippen molar-refractivity contribution < 1.29 is 18.3 Å². The van der Waals surface area contributed by atoms with Crippen molar-refractivity contribution in [3.8, 4) is 12.3 Å². The van der Waals surface area contributed by atoms with Gasteiger partial charge in [0.25, 0.3) is 0 Å². The van der Waals surface area contributed by atoms with Gasteiger partial charge in [0.2, 0.25) is 10.0 Å². The Morgan fingerprint density at radius 2 is 2.20 bits per heavy atom. The second-order valence-corrected chi connectivity index (χ2v) is 6.62. The lowest BCUT2D eigenvalue weighted by Crippen LogP contribution is -2.34. The number of sulfonamides is 1. The molecular formula is C13H14BrNO4S. The fraction of sp³-hybridized carbons (Fsp3) is 0.308. The quantitative estimate of drug-likeness (QED) is 0.762. The van der Waals surface area contributed by atoms with Crippen LogP contribution in [0.1, 0.15) is 30.1 Å². The number of terminal acetylenes is 1. The largest absolute Gasteiger partial charge is 0.478 e. The number of hydrogen-bond acceptors (Lipinski definition) is 3. The summed E-state index contributed by atoms with van der Waals surface area (Å²) in [4.78, 5) is 10.8. The molecule has 0 radical (unpaired) electrons. The second-order valence-electron chi connectivity index (χ2n) is 4.09. The molecule has 0 aliphatic rings. The molecule has 1 aromatic rings. The number of hydrogen-bond donors (Lipinski definition) is 2. The average molecular weight is 360 g/mol. The molecule has 1 atom stereocenters. The molecule has 1 aromatic carbocycles. The number of carboxylic acids is 1. The fourth-order valence-electron chi connectivity index (χ4n) is 1.55. The third-order valence-corrected chi connectivity index (χ3v) is 5.14. The first-order chi connectivity index (χ1) is 9.31. The van der Waals surface area contributed by atoms with Crippen molar-refractivity contribution in [3.05, 3.63) is 28.2 Å². The molecule has 20 heavy (non-hydrogen) atoms. The van der Waals surface area contributed by atoms with E-state index in [9.17, 15) is 13.2 Å². The molecule has 7 heteroatoms. The van der Waals surface area contributed by atoms with Crippen LogP contribution in [0.3, 0.4) is 0 Å². The first kappa shape index (κ1) is 16.7. The van der Waals surface area contributed by atoms with Crippen LogP contribution < -0.4 is 4.72 Å². The van der Waals surface area contributed by atoms with Gasteiger partial charge in [-0.05, 0) is 40.5 Å². The van der Waals surface area contributed by atoms with Crippen LogP contribution in [0, 0.1) is 12.3 Å². The normalized spacial score (nSPS) is 12.7. The molecule has 0 aliphatic heterocycles. The van der Waals surface area contributed by atoms with Crippen molar-refractivity contribution in [2.24, 2.45) is 0 Å². The van der Waals surface area contributed by atoms with Crippen LogP contribution >= 0.6 is 15.9 Å². The molecule has 1 unspecified atom stereocenters. The van der Waals surface area contributed by atoms with Crippen LogP contribution in [0.5, 0.6) is 0 Å². The Morgan fingerprint density at radius 3 is 2.65 bits per heavy atom. The molecule has 2 N–H and O–H groups in total. The lowest BCUT2D eigenvalue weighted by Gasteiger charge is -2.15. The van der Waals surface area contributed by atoms with E-state index in [1.807, 2.05) is 6.92 Å². The highest BCUT2D eigenvalue weighted by Gasteiger charge is 2.22. The van der Waals surface area contributed by atoms with Crippen LogP contribution in [-0.2, 0) is 10.0 Å². The Bertz CT molecular complexity index is 649. The van der Waals surface area contributed by atoms with Gasteiger partial charge in [0, 0.05) is 16.9 Å². The maximum absolute atomic E-state index is 12.2. The molecular weight excluding hydrogens is 346 g/mol. The van der Waals surface area contributed by atoms with Crippen LogP contribution in [0.25, 0.3) is 0 Å². The van der Waals surface area contributed by atoms with E-state index in [2.05, 4.69) is 26.6 Å². The molecule has 0 heterocycles. The molecule has 5 nitrogen and oxygen atoms in total. The van der Waals surface area contributed by atoms with Gasteiger partial charge in [-0.3, -0.25) is 0 Å². The molecule has 0 saturated carbocycles. The molecule has 0 aliphatic carbocycles. The first-order valence-electron chi connectivity index (χ1n) is 5.80. The topological polar surface area (TPSA) is 83.5 Å². The van der Waals surface area contributed by atoms with E-state index in [1.54, 1.807) is 0 Å². The zero-order chi connectivity index (χ0) is 15.3. The van der Waals surface area contributed by atoms with Gasteiger partial charge in [-0.25, -0.2) is 17.9 Å². The number of nitrogens with one attached hydrogen (secondary N) is 1. The SMILES string of the molecule is C#CCC(CC)NS(=O)(=O)c1ccc(C(=O)O)cc1Br. The van der Waals surface area contributed by atoms with E-state index in [4.69, 9.17) is 11.5 Å². The molecule has 0 bridgehead atoms. The van der Waals surface area contributed by atoms with Gasteiger partial charge in [-0.2, -0.15) is 0 Å². The minimum absolute atomic E-state index is 0.00601. The summed E-state index contributed by atoms with van der Waals surface area (Å²) in [6.45, 7) is 1.83. The number of carboxylic acid groups (broad SMARTS) is 1. The molecule has 0 amide bonds. The summed E-state index contributed by atoms with van der Waals surface area (Å²) < 4.78 is 27.1. The summed E-state index contributed by atoms with van der Waals surface area (Å²) >= 11 is 3.08. The highest BCUT2D eigenvalue weighted by Crippen LogP contribution is 2.23. The van der Waals surface area contributed by atoms with Gasteiger partial charge in [-0.15, -0.1) is 12.3 Å². The van der Waals surface area contributed by atoms with Crippen LogP contribution in [0.15, 0.2) is 27.6 Å². The first-order valence-corrected chi connectivity index (χ1v) is 8.08. The smallest absolute Gasteiger partial charge is 0.335 e. The Balaban J connectivity index is 3.10. The van der Waals surface area contributed by atoms with E-state index < -0.39 is 16.0 Å². The van der Waals surface area contributed by atoms with Crippen molar-refractivity contribution in [1.29, 1.82) is 0 Å². The van der Waals surface area contributed by atoms with E-state index in [0.717, 1.165) is 0 Å². The Labute approximate surface area is 126 Å². The Morgan fingerprint density at radius 1 is 1.55 bits per heavy atom. The monoisotopic (exact) mass is 359 g/mol. The lowest BCUT2D eigenvalue weighted by molar-refractivity contribution is 0.0696. The third-order valence-electron chi connectivity index (χ3n) is 2.65. The minimum atomic E-state index is -3.75. The molecule has 0 fully saturated rings. The number of aromatic carboxylic acids is 1. The van der Waals surface area contributed by atoms with Gasteiger partial charge in [0.1, 0.15) is 0 Å². The third kappa shape index (κ3) is 4.07. The minimum Gasteiger partial charge on any atom is -0.478 e. The maximum atomic E-state index is 12.2. The predicted molar refractivity (Wildman–Crippen MR) is 79.0 cm³/mol. The molecule has 0 aromatic heterocycles. The predicted octanol–water partition coefficient (Wildman–Crippen LogP) is 2.23. The highest BCUT2D eigenvalue weighted by molar-refractivity contribution is 9.10. The van der Waals surface area contributed by atoms with Crippen molar-refractivity contribution in [2.75, 3.05) is 0 Å². The summed E-state index contributed by atoms with van der Waals surface area (Å²) in [7, 11) is -3.75. The Hall–Kier alpha value is -1.36. The molecule has 108 valence electrons. The van der Waals surface area contributed by atoms with Crippen LogP contribution in [0.4, 0.5) is 0 Å². The number of carbonyl (C=O) groups is 1. The standard InChI is InChI=1S/C13H14BrNO4S/c1-3-5-10(4-2)15-20(18,19)12-7-6-9(13(16)17)8-11(12)14/h1,6-8,10,15H,4-5H2,2H3,(H,16,17). The van der Waals surface area contributed by atoms with E-state index in [1.165, 1.54) is 18.2 Å².